The number of benzene rings is 1. The summed E-state index contributed by atoms with van der Waals surface area (Å²) >= 11 is 0. The zero-order valence-electron chi connectivity index (χ0n) is 11.6. The topological polar surface area (TPSA) is 67.4 Å². The molecule has 5 nitrogen and oxygen atoms in total. The van der Waals surface area contributed by atoms with E-state index in [1.54, 1.807) is 6.92 Å². The van der Waals surface area contributed by atoms with Crippen LogP contribution in [0.25, 0.3) is 0 Å². The number of esters is 1. The van der Waals surface area contributed by atoms with Crippen molar-refractivity contribution < 1.29 is 14.3 Å². The number of hydrogen-bond donors (Lipinski definition) is 2. The van der Waals surface area contributed by atoms with Crippen molar-refractivity contribution in [3.63, 3.8) is 0 Å². The second-order valence-electron chi connectivity index (χ2n) is 4.97. The van der Waals surface area contributed by atoms with Gasteiger partial charge in [-0.15, -0.1) is 0 Å². The van der Waals surface area contributed by atoms with Crippen LogP contribution in [0.3, 0.4) is 0 Å². The van der Waals surface area contributed by atoms with Gasteiger partial charge in [0.2, 0.25) is 5.91 Å². The van der Waals surface area contributed by atoms with Crippen molar-refractivity contribution in [1.82, 2.24) is 10.6 Å². The summed E-state index contributed by atoms with van der Waals surface area (Å²) in [5.41, 5.74) is 0.928. The molecule has 0 saturated carbocycles. The number of carbonyl (C=O) groups excluding carboxylic acids is 2. The Hall–Kier alpha value is -1.88. The van der Waals surface area contributed by atoms with Gasteiger partial charge in [-0.05, 0) is 31.9 Å². The first kappa shape index (κ1) is 14.5. The van der Waals surface area contributed by atoms with Crippen LogP contribution in [0.15, 0.2) is 30.3 Å². The summed E-state index contributed by atoms with van der Waals surface area (Å²) in [6.45, 7) is 2.71. The lowest BCUT2D eigenvalue weighted by Gasteiger charge is -2.16. The van der Waals surface area contributed by atoms with Gasteiger partial charge < -0.3 is 15.4 Å². The highest BCUT2D eigenvalue weighted by Gasteiger charge is 2.25. The molecule has 1 heterocycles. The van der Waals surface area contributed by atoms with Crippen molar-refractivity contribution in [2.45, 2.75) is 38.5 Å². The van der Waals surface area contributed by atoms with Crippen LogP contribution in [-0.2, 0) is 20.9 Å². The molecule has 0 radical (unpaired) electrons. The van der Waals surface area contributed by atoms with Crippen LogP contribution in [0.5, 0.6) is 0 Å². The van der Waals surface area contributed by atoms with E-state index in [1.165, 1.54) is 0 Å². The van der Waals surface area contributed by atoms with Crippen LogP contribution in [0.2, 0.25) is 0 Å². The highest BCUT2D eigenvalue weighted by molar-refractivity contribution is 5.87. The van der Waals surface area contributed by atoms with Gasteiger partial charge in [0.05, 0.1) is 6.04 Å². The minimum atomic E-state index is -0.631. The Labute approximate surface area is 118 Å². The maximum absolute atomic E-state index is 11.9. The Morgan fingerprint density at radius 1 is 1.40 bits per heavy atom. The highest BCUT2D eigenvalue weighted by Crippen LogP contribution is 2.06. The largest absolute Gasteiger partial charge is 0.459 e. The van der Waals surface area contributed by atoms with Crippen molar-refractivity contribution >= 4 is 11.9 Å². The van der Waals surface area contributed by atoms with E-state index >= 15 is 0 Å². The molecule has 1 fully saturated rings. The smallest absolute Gasteiger partial charge is 0.328 e. The van der Waals surface area contributed by atoms with Crippen LogP contribution >= 0.6 is 0 Å². The molecule has 2 rings (SSSR count). The number of nitrogens with one attached hydrogen (secondary N) is 2. The number of hydrogen-bond acceptors (Lipinski definition) is 4. The second-order valence-corrected chi connectivity index (χ2v) is 4.97. The monoisotopic (exact) mass is 276 g/mol. The van der Waals surface area contributed by atoms with E-state index in [4.69, 9.17) is 4.74 Å². The molecule has 0 aliphatic carbocycles. The minimum absolute atomic E-state index is 0.133. The third-order valence-electron chi connectivity index (χ3n) is 3.31. The Morgan fingerprint density at radius 3 is 2.80 bits per heavy atom. The van der Waals surface area contributed by atoms with Crippen molar-refractivity contribution in [2.75, 3.05) is 6.54 Å². The molecule has 0 aromatic heterocycles. The van der Waals surface area contributed by atoms with Crippen molar-refractivity contribution in [1.29, 1.82) is 0 Å². The number of ether oxygens (including phenoxy) is 1. The molecule has 1 amide bonds. The summed E-state index contributed by atoms with van der Waals surface area (Å²) in [5, 5.41) is 5.78. The van der Waals surface area contributed by atoms with Crippen LogP contribution in [0, 0.1) is 0 Å². The molecule has 1 saturated heterocycles. The van der Waals surface area contributed by atoms with Crippen molar-refractivity contribution in [3.05, 3.63) is 35.9 Å². The summed E-state index contributed by atoms with van der Waals surface area (Å²) in [6, 6.07) is 8.65. The summed E-state index contributed by atoms with van der Waals surface area (Å²) in [5.74, 6) is -0.549. The molecular formula is C15H20N2O3. The number of carbonyl (C=O) groups is 2. The van der Waals surface area contributed by atoms with Crippen molar-refractivity contribution in [3.8, 4) is 0 Å². The van der Waals surface area contributed by atoms with E-state index in [0.717, 1.165) is 24.9 Å². The van der Waals surface area contributed by atoms with Crippen LogP contribution in [0.4, 0.5) is 0 Å². The lowest BCUT2D eigenvalue weighted by molar-refractivity contribution is -0.148. The third-order valence-corrected chi connectivity index (χ3v) is 3.31. The maximum Gasteiger partial charge on any atom is 0.328 e. The van der Waals surface area contributed by atoms with Gasteiger partial charge in [0.15, 0.2) is 0 Å². The van der Waals surface area contributed by atoms with Gasteiger partial charge in [-0.1, -0.05) is 30.3 Å². The molecule has 1 aromatic carbocycles. The van der Waals surface area contributed by atoms with Crippen molar-refractivity contribution in [2.24, 2.45) is 0 Å². The quantitative estimate of drug-likeness (QED) is 0.787. The Kier molecular flexibility index (Phi) is 5.12. The SMILES string of the molecule is C[C@H](NC(=O)[C@H]1CCCN1)C(=O)OCc1ccccc1. The fourth-order valence-corrected chi connectivity index (χ4v) is 2.13. The highest BCUT2D eigenvalue weighted by atomic mass is 16.5. The minimum Gasteiger partial charge on any atom is -0.459 e. The first-order valence-electron chi connectivity index (χ1n) is 6.91. The summed E-state index contributed by atoms with van der Waals surface area (Å²) in [7, 11) is 0. The third kappa shape index (κ3) is 4.06. The summed E-state index contributed by atoms with van der Waals surface area (Å²) in [4.78, 5) is 23.7. The molecule has 0 bridgehead atoms. The second kappa shape index (κ2) is 7.05. The average molecular weight is 276 g/mol. The fourth-order valence-electron chi connectivity index (χ4n) is 2.13. The predicted molar refractivity (Wildman–Crippen MR) is 74.9 cm³/mol. The summed E-state index contributed by atoms with van der Waals surface area (Å²) in [6.07, 6.45) is 1.81. The van der Waals surface area contributed by atoms with Crippen LogP contribution < -0.4 is 10.6 Å². The Bertz CT molecular complexity index is 455. The lowest BCUT2D eigenvalue weighted by Crippen LogP contribution is -2.47. The van der Waals surface area contributed by atoms with E-state index in [9.17, 15) is 9.59 Å². The number of rotatable bonds is 5. The van der Waals surface area contributed by atoms with Gasteiger partial charge in [-0.3, -0.25) is 4.79 Å². The Balaban J connectivity index is 1.75. The van der Waals surface area contributed by atoms with E-state index in [0.29, 0.717) is 0 Å². The average Bonchev–Trinajstić information content (AvgIpc) is 3.00. The molecule has 2 atom stereocenters. The van der Waals surface area contributed by atoms with Gasteiger partial charge in [-0.2, -0.15) is 0 Å². The Morgan fingerprint density at radius 2 is 2.15 bits per heavy atom. The first-order chi connectivity index (χ1) is 9.66. The molecule has 20 heavy (non-hydrogen) atoms. The van der Waals surface area contributed by atoms with Gasteiger partial charge in [0.1, 0.15) is 12.6 Å². The molecule has 2 N–H and O–H groups in total. The molecule has 0 spiro atoms. The predicted octanol–water partition coefficient (Wildman–Crippen LogP) is 0.986. The van der Waals surface area contributed by atoms with Gasteiger partial charge >= 0.3 is 5.97 Å². The lowest BCUT2D eigenvalue weighted by atomic mass is 10.2. The van der Waals surface area contributed by atoms with Crippen LogP contribution in [0.1, 0.15) is 25.3 Å². The van der Waals surface area contributed by atoms with Gasteiger partial charge in [-0.25, -0.2) is 4.79 Å². The van der Waals surface area contributed by atoms with E-state index in [1.807, 2.05) is 30.3 Å². The standard InChI is InChI=1S/C15H20N2O3/c1-11(17-14(18)13-8-5-9-16-13)15(19)20-10-12-6-3-2-4-7-12/h2-4,6-7,11,13,16H,5,8-10H2,1H3,(H,17,18)/t11-,13+/m0/s1. The van der Waals surface area contributed by atoms with E-state index in [2.05, 4.69) is 10.6 Å². The fraction of sp³-hybridized carbons (Fsp3) is 0.467. The molecular weight excluding hydrogens is 256 g/mol. The van der Waals surface area contributed by atoms with E-state index < -0.39 is 12.0 Å². The molecule has 1 aliphatic heterocycles. The zero-order chi connectivity index (χ0) is 14.4. The van der Waals surface area contributed by atoms with Gasteiger partial charge in [0, 0.05) is 0 Å². The molecule has 1 aromatic rings. The first-order valence-corrected chi connectivity index (χ1v) is 6.91. The van der Waals surface area contributed by atoms with E-state index in [-0.39, 0.29) is 18.6 Å². The number of amides is 1. The van der Waals surface area contributed by atoms with Gasteiger partial charge in [0.25, 0.3) is 0 Å². The summed E-state index contributed by atoms with van der Waals surface area (Å²) < 4.78 is 5.18. The van der Waals surface area contributed by atoms with Crippen LogP contribution in [-0.4, -0.2) is 30.5 Å². The maximum atomic E-state index is 11.9. The molecule has 1 aliphatic rings. The normalized spacial score (nSPS) is 19.4. The zero-order valence-corrected chi connectivity index (χ0v) is 11.6. The molecule has 5 heteroatoms. The molecule has 108 valence electrons. The molecule has 0 unspecified atom stereocenters.